The van der Waals surface area contributed by atoms with Crippen LogP contribution in [0.5, 0.6) is 0 Å². The van der Waals surface area contributed by atoms with E-state index in [0.29, 0.717) is 13.0 Å². The normalized spacial score (nSPS) is 42.2. The van der Waals surface area contributed by atoms with Crippen molar-refractivity contribution in [3.05, 3.63) is 11.9 Å². The lowest BCUT2D eigenvalue weighted by molar-refractivity contribution is -0.284. The van der Waals surface area contributed by atoms with Crippen LogP contribution in [0, 0.1) is 0 Å². The van der Waals surface area contributed by atoms with E-state index in [4.69, 9.17) is 14.2 Å². The van der Waals surface area contributed by atoms with E-state index in [0.717, 1.165) is 0 Å². The molecule has 3 heterocycles. The molecule has 3 aliphatic heterocycles. The summed E-state index contributed by atoms with van der Waals surface area (Å²) in [6, 6.07) is 0. The Labute approximate surface area is 101 Å². The fourth-order valence-electron chi connectivity index (χ4n) is 2.45. The van der Waals surface area contributed by atoms with Gasteiger partial charge in [0.2, 0.25) is 0 Å². The summed E-state index contributed by atoms with van der Waals surface area (Å²) in [5, 5.41) is 0. The first-order valence-corrected chi connectivity index (χ1v) is 7.51. The summed E-state index contributed by atoms with van der Waals surface area (Å²) in [4.78, 5) is 18.6. The molecule has 3 rings (SSSR count). The molecule has 98 valence electrons. The molecule has 17 heavy (non-hydrogen) atoms. The van der Waals surface area contributed by atoms with Crippen LogP contribution >= 0.6 is 7.34 Å². The van der Waals surface area contributed by atoms with E-state index >= 15 is 0 Å². The largest absolute Gasteiger partial charge is 0.379 e. The van der Waals surface area contributed by atoms with Crippen molar-refractivity contribution in [1.29, 1.82) is 0 Å². The number of hydrogen-bond acceptors (Lipinski definition) is 5. The zero-order valence-electron chi connectivity index (χ0n) is 10.1. The van der Waals surface area contributed by atoms with E-state index in [1.165, 1.54) is 5.82 Å². The van der Waals surface area contributed by atoms with E-state index in [1.54, 1.807) is 13.2 Å². The van der Waals surface area contributed by atoms with E-state index in [2.05, 4.69) is 6.30 Å². The molecule has 6 heteroatoms. The van der Waals surface area contributed by atoms with Gasteiger partial charge in [-0.25, -0.2) is 0 Å². The second-order valence-corrected chi connectivity index (χ2v) is 6.61. The highest BCUT2D eigenvalue weighted by molar-refractivity contribution is 7.65. The average molecular weight is 262 g/mol. The summed E-state index contributed by atoms with van der Waals surface area (Å²) in [6.07, 6.45) is 5.49. The van der Waals surface area contributed by atoms with Crippen LogP contribution in [0.3, 0.4) is 0 Å². The number of fused-ring (bicyclic) bond motifs is 3. The van der Waals surface area contributed by atoms with Crippen molar-refractivity contribution >= 4 is 13.6 Å². The first-order valence-electron chi connectivity index (χ1n) is 5.56. The molecule has 4 atom stereocenters. The molecule has 0 aliphatic carbocycles. The van der Waals surface area contributed by atoms with Gasteiger partial charge in [-0.1, -0.05) is 0 Å². The maximum Gasteiger partial charge on any atom is 0.134 e. The molecule has 0 radical (unpaired) electrons. The smallest absolute Gasteiger partial charge is 0.134 e. The molecular weight excluding hydrogens is 243 g/mol. The summed E-state index contributed by atoms with van der Waals surface area (Å²) in [6.45, 7) is 2.35. The highest BCUT2D eigenvalue weighted by Gasteiger charge is 2.50. The lowest BCUT2D eigenvalue weighted by Gasteiger charge is -2.51. The Bertz CT molecular complexity index is 363. The fourth-order valence-corrected chi connectivity index (χ4v) is 2.96. The minimum absolute atomic E-state index is 0.0212. The molecule has 2 N–H and O–H groups in total. The van der Waals surface area contributed by atoms with Crippen molar-refractivity contribution in [1.82, 2.24) is 0 Å². The quantitative estimate of drug-likeness (QED) is 0.734. The third-order valence-electron chi connectivity index (χ3n) is 3.24. The SMILES string of the molecule is C=P(O)(O)/C=C/[C@@]12CO[C@@H](C(C)O1)[C@H](OC)C2. The van der Waals surface area contributed by atoms with Crippen LogP contribution in [0.25, 0.3) is 0 Å². The van der Waals surface area contributed by atoms with Crippen molar-refractivity contribution in [2.45, 2.75) is 37.3 Å². The third kappa shape index (κ3) is 2.81. The summed E-state index contributed by atoms with van der Waals surface area (Å²) in [5.74, 6) is 1.32. The monoisotopic (exact) mass is 262 g/mol. The first-order chi connectivity index (χ1) is 7.85. The Balaban J connectivity index is 2.19. The fraction of sp³-hybridized carbons (Fsp3) is 0.727. The summed E-state index contributed by atoms with van der Waals surface area (Å²) >= 11 is 0. The minimum atomic E-state index is -3.18. The van der Waals surface area contributed by atoms with Crippen LogP contribution in [0.1, 0.15) is 13.3 Å². The highest BCUT2D eigenvalue weighted by atomic mass is 31.2. The Morgan fingerprint density at radius 3 is 2.76 bits per heavy atom. The maximum atomic E-state index is 9.30. The summed E-state index contributed by atoms with van der Waals surface area (Å²) < 4.78 is 16.9. The molecule has 0 spiro atoms. The van der Waals surface area contributed by atoms with Gasteiger partial charge in [0.25, 0.3) is 0 Å². The second-order valence-electron chi connectivity index (χ2n) is 4.74. The van der Waals surface area contributed by atoms with Gasteiger partial charge in [0.15, 0.2) is 0 Å². The van der Waals surface area contributed by atoms with Gasteiger partial charge < -0.3 is 24.0 Å². The standard InChI is InChI=1S/C11H19O5P/c1-8-10-9(14-2)6-11(16-8,7-15-10)4-5-17(3,12)13/h4-5,8-10,12-13H,3,6-7H2,1-2H3/b5-4+/t8?,9-,10+,11-/m1/s1. The van der Waals surface area contributed by atoms with Gasteiger partial charge in [-0.05, 0) is 25.1 Å². The van der Waals surface area contributed by atoms with Crippen LogP contribution < -0.4 is 0 Å². The van der Waals surface area contributed by atoms with E-state index in [1.807, 2.05) is 6.92 Å². The molecule has 1 unspecified atom stereocenters. The van der Waals surface area contributed by atoms with Crippen molar-refractivity contribution in [3.8, 4) is 0 Å². The zero-order chi connectivity index (χ0) is 12.7. The molecule has 0 aromatic heterocycles. The zero-order valence-corrected chi connectivity index (χ0v) is 11.0. The van der Waals surface area contributed by atoms with E-state index in [-0.39, 0.29) is 18.3 Å². The summed E-state index contributed by atoms with van der Waals surface area (Å²) in [7, 11) is -1.53. The van der Waals surface area contributed by atoms with Gasteiger partial charge in [-0.15, -0.1) is 0 Å². The van der Waals surface area contributed by atoms with Crippen LogP contribution in [0.15, 0.2) is 11.9 Å². The van der Waals surface area contributed by atoms with Gasteiger partial charge in [0.05, 0.1) is 18.8 Å². The van der Waals surface area contributed by atoms with Crippen molar-refractivity contribution < 1.29 is 24.0 Å². The predicted octanol–water partition coefficient (Wildman–Crippen LogP) is 0.726. The Kier molecular flexibility index (Phi) is 3.51. The van der Waals surface area contributed by atoms with Crippen LogP contribution in [0.2, 0.25) is 0 Å². The van der Waals surface area contributed by atoms with Crippen molar-refractivity contribution in [2.75, 3.05) is 13.7 Å². The number of methoxy groups -OCH3 is 1. The first kappa shape index (κ1) is 13.3. The van der Waals surface area contributed by atoms with Crippen LogP contribution in [-0.4, -0.2) is 53.7 Å². The lowest BCUT2D eigenvalue weighted by atomic mass is 9.85. The van der Waals surface area contributed by atoms with Crippen molar-refractivity contribution in [3.63, 3.8) is 0 Å². The molecule has 0 amide bonds. The number of ether oxygens (including phenoxy) is 3. The molecular formula is C11H19O5P. The summed E-state index contributed by atoms with van der Waals surface area (Å²) in [5.41, 5.74) is -0.622. The predicted molar refractivity (Wildman–Crippen MR) is 66.1 cm³/mol. The van der Waals surface area contributed by atoms with E-state index < -0.39 is 12.9 Å². The van der Waals surface area contributed by atoms with Gasteiger partial charge in [0, 0.05) is 13.5 Å². The Morgan fingerprint density at radius 2 is 2.24 bits per heavy atom. The third-order valence-corrected chi connectivity index (χ3v) is 3.86. The number of hydrogen-bond donors (Lipinski definition) is 2. The topological polar surface area (TPSA) is 68.2 Å². The molecule has 3 aliphatic rings. The molecule has 5 nitrogen and oxygen atoms in total. The number of rotatable bonds is 3. The van der Waals surface area contributed by atoms with Gasteiger partial charge in [-0.3, -0.25) is 0 Å². The molecule has 0 aromatic rings. The minimum Gasteiger partial charge on any atom is -0.379 e. The van der Waals surface area contributed by atoms with Crippen LogP contribution in [0.4, 0.5) is 0 Å². The Hall–Kier alpha value is -0.160. The van der Waals surface area contributed by atoms with E-state index in [9.17, 15) is 9.79 Å². The maximum absolute atomic E-state index is 9.30. The molecule has 0 saturated carbocycles. The Morgan fingerprint density at radius 1 is 1.53 bits per heavy atom. The lowest BCUT2D eigenvalue weighted by Crippen LogP contribution is -2.62. The highest BCUT2D eigenvalue weighted by Crippen LogP contribution is 2.42. The van der Waals surface area contributed by atoms with Crippen molar-refractivity contribution in [2.24, 2.45) is 0 Å². The molecule has 2 bridgehead atoms. The van der Waals surface area contributed by atoms with Gasteiger partial charge in [-0.2, -0.15) is 0 Å². The second kappa shape index (κ2) is 4.50. The van der Waals surface area contributed by atoms with Gasteiger partial charge >= 0.3 is 0 Å². The van der Waals surface area contributed by atoms with Gasteiger partial charge in [0.1, 0.15) is 19.0 Å². The molecule has 0 aromatic carbocycles. The average Bonchev–Trinajstić information content (AvgIpc) is 2.26. The molecule has 3 fully saturated rings. The molecule has 3 saturated heterocycles. The van der Waals surface area contributed by atoms with Crippen LogP contribution in [-0.2, 0) is 14.2 Å².